The number of azo groups is 1. The lowest BCUT2D eigenvalue weighted by Crippen LogP contribution is -2.11. The molecule has 5 aromatic rings. The van der Waals surface area contributed by atoms with Crippen LogP contribution in [-0.4, -0.2) is 24.5 Å². The fourth-order valence-corrected chi connectivity index (χ4v) is 7.17. The summed E-state index contributed by atoms with van der Waals surface area (Å²) < 4.78 is 22.4. The third kappa shape index (κ3) is 18.3. The van der Waals surface area contributed by atoms with Gasteiger partial charge in [-0.15, -0.1) is 0 Å². The van der Waals surface area contributed by atoms with Crippen LogP contribution in [0.1, 0.15) is 166 Å². The summed E-state index contributed by atoms with van der Waals surface area (Å²) in [6, 6.07) is 34.1. The summed E-state index contributed by atoms with van der Waals surface area (Å²) in [7, 11) is 0. The molecule has 0 heterocycles. The normalized spacial score (nSPS) is 11.1. The number of rotatable bonds is 29. The number of nitrogens with zero attached hydrogens (tertiary/aromatic N) is 2. The van der Waals surface area contributed by atoms with Crippen molar-refractivity contribution in [3.8, 4) is 23.0 Å². The molecule has 0 aromatic heterocycles. The summed E-state index contributed by atoms with van der Waals surface area (Å²) >= 11 is 0. The van der Waals surface area contributed by atoms with Gasteiger partial charge in [-0.25, -0.2) is 14.4 Å². The van der Waals surface area contributed by atoms with Crippen molar-refractivity contribution in [2.45, 2.75) is 136 Å². The monoisotopic (exact) mass is 866 g/mol. The van der Waals surface area contributed by atoms with Crippen molar-refractivity contribution in [1.29, 1.82) is 0 Å². The van der Waals surface area contributed by atoms with Crippen molar-refractivity contribution in [3.63, 3.8) is 0 Å². The van der Waals surface area contributed by atoms with E-state index in [2.05, 4.69) is 36.2 Å². The van der Waals surface area contributed by atoms with E-state index in [-0.39, 0.29) is 22.6 Å². The van der Waals surface area contributed by atoms with Crippen LogP contribution >= 0.6 is 0 Å². The Bertz CT molecular complexity index is 2130. The highest BCUT2D eigenvalue weighted by Crippen LogP contribution is 2.24. The number of hydrogen-bond acceptors (Lipinski definition) is 9. The molecule has 5 aromatic carbocycles. The highest BCUT2D eigenvalue weighted by Gasteiger charge is 2.14. The number of benzene rings is 5. The zero-order valence-corrected chi connectivity index (χ0v) is 37.9. The predicted molar refractivity (Wildman–Crippen MR) is 255 cm³/mol. The molecule has 0 atom stereocenters. The summed E-state index contributed by atoms with van der Waals surface area (Å²) in [5.41, 5.74) is 3.65. The van der Waals surface area contributed by atoms with Crippen molar-refractivity contribution >= 4 is 29.3 Å². The minimum Gasteiger partial charge on any atom is -0.494 e. The Hall–Kier alpha value is -6.09. The lowest BCUT2D eigenvalue weighted by Gasteiger charge is -2.09. The standard InChI is InChI=1S/C55H66N2O7/c1-3-5-7-9-11-13-14-16-18-20-42-61-49-34-24-44(25-35-49)53(58)62-50-36-26-45(27-37-50)54(59)63-51-38-28-46(29-39-51)55(60)64-52-40-32-48(33-41-52)57-56-47-30-22-43(23-31-47)21-19-17-15-12-10-8-6-4-2/h22-41H,3-21,42H2,1-2H3. The predicted octanol–water partition coefficient (Wildman–Crippen LogP) is 15.7. The first-order chi connectivity index (χ1) is 31.4. The van der Waals surface area contributed by atoms with Crippen molar-refractivity contribution in [1.82, 2.24) is 0 Å². The number of carbonyl (C=O) groups is 3. The van der Waals surface area contributed by atoms with Gasteiger partial charge in [-0.3, -0.25) is 0 Å². The maximum atomic E-state index is 12.9. The van der Waals surface area contributed by atoms with E-state index in [1.165, 1.54) is 157 Å². The summed E-state index contributed by atoms with van der Waals surface area (Å²) in [4.78, 5) is 38.5. The van der Waals surface area contributed by atoms with E-state index in [4.69, 9.17) is 18.9 Å². The minimum absolute atomic E-state index is 0.251. The van der Waals surface area contributed by atoms with E-state index in [0.717, 1.165) is 24.9 Å². The molecule has 0 aliphatic carbocycles. The first kappa shape index (κ1) is 48.9. The van der Waals surface area contributed by atoms with Crippen LogP contribution in [-0.2, 0) is 6.42 Å². The van der Waals surface area contributed by atoms with E-state index in [1.54, 1.807) is 48.5 Å². The average molecular weight is 867 g/mol. The van der Waals surface area contributed by atoms with E-state index < -0.39 is 17.9 Å². The molecule has 0 bridgehead atoms. The molecule has 5 rings (SSSR count). The van der Waals surface area contributed by atoms with Crippen LogP contribution in [0.5, 0.6) is 23.0 Å². The van der Waals surface area contributed by atoms with Crippen LogP contribution < -0.4 is 18.9 Å². The molecule has 0 spiro atoms. The van der Waals surface area contributed by atoms with Gasteiger partial charge in [0.1, 0.15) is 23.0 Å². The summed E-state index contributed by atoms with van der Waals surface area (Å²) in [6.07, 6.45) is 24.3. The highest BCUT2D eigenvalue weighted by atomic mass is 16.5. The van der Waals surface area contributed by atoms with Crippen molar-refractivity contribution < 1.29 is 33.3 Å². The molecule has 64 heavy (non-hydrogen) atoms. The van der Waals surface area contributed by atoms with Crippen LogP contribution in [0.2, 0.25) is 0 Å². The third-order valence-electron chi connectivity index (χ3n) is 11.0. The van der Waals surface area contributed by atoms with Gasteiger partial charge < -0.3 is 18.9 Å². The van der Waals surface area contributed by atoms with Gasteiger partial charge in [0.15, 0.2) is 0 Å². The Labute approximate surface area is 380 Å². The molecule has 0 saturated carbocycles. The second-order valence-corrected chi connectivity index (χ2v) is 16.4. The first-order valence-corrected chi connectivity index (χ1v) is 23.6. The summed E-state index contributed by atoms with van der Waals surface area (Å²) in [5.74, 6) is -0.0771. The number of ether oxygens (including phenoxy) is 4. The molecule has 0 N–H and O–H groups in total. The van der Waals surface area contributed by atoms with Crippen molar-refractivity contribution in [2.75, 3.05) is 6.61 Å². The zero-order valence-electron chi connectivity index (χ0n) is 37.9. The van der Waals surface area contributed by atoms with Gasteiger partial charge in [0, 0.05) is 0 Å². The Morgan fingerprint density at radius 1 is 0.359 bits per heavy atom. The van der Waals surface area contributed by atoms with Crippen LogP contribution in [0.15, 0.2) is 132 Å². The number of unbranched alkanes of at least 4 members (excludes halogenated alkanes) is 16. The topological polar surface area (TPSA) is 113 Å². The number of carbonyl (C=O) groups excluding carboxylic acids is 3. The Kier molecular flexibility index (Phi) is 21.8. The fraction of sp³-hybridized carbons (Fsp3) is 0.400. The number of hydrogen-bond donors (Lipinski definition) is 0. The molecule has 338 valence electrons. The number of esters is 3. The molecular weight excluding hydrogens is 801 g/mol. The van der Waals surface area contributed by atoms with Gasteiger partial charge >= 0.3 is 17.9 Å². The molecule has 0 radical (unpaired) electrons. The zero-order chi connectivity index (χ0) is 45.0. The quantitative estimate of drug-likeness (QED) is 0.0203. The SMILES string of the molecule is CCCCCCCCCCCCOc1ccc(C(=O)Oc2ccc(C(=O)Oc3ccc(C(=O)Oc4ccc(N=Nc5ccc(CCCCCCCCCC)cc5)cc4)cc3)cc2)cc1. The molecule has 0 aliphatic rings. The average Bonchev–Trinajstić information content (AvgIpc) is 3.32. The molecule has 0 saturated heterocycles. The minimum atomic E-state index is -0.607. The van der Waals surface area contributed by atoms with Crippen LogP contribution in [0.3, 0.4) is 0 Å². The lowest BCUT2D eigenvalue weighted by atomic mass is 10.0. The van der Waals surface area contributed by atoms with Gasteiger partial charge in [-0.1, -0.05) is 129 Å². The van der Waals surface area contributed by atoms with Gasteiger partial charge in [0.2, 0.25) is 0 Å². The van der Waals surface area contributed by atoms with Gasteiger partial charge in [0.25, 0.3) is 0 Å². The molecule has 0 fully saturated rings. The maximum absolute atomic E-state index is 12.9. The van der Waals surface area contributed by atoms with E-state index in [9.17, 15) is 14.4 Å². The van der Waals surface area contributed by atoms with Crippen LogP contribution in [0.4, 0.5) is 11.4 Å². The third-order valence-corrected chi connectivity index (χ3v) is 11.0. The van der Waals surface area contributed by atoms with Gasteiger partial charge in [0.05, 0.1) is 34.7 Å². The Morgan fingerprint density at radius 2 is 0.672 bits per heavy atom. The molecule has 9 nitrogen and oxygen atoms in total. The van der Waals surface area contributed by atoms with Gasteiger partial charge in [-0.05, 0) is 134 Å². The highest BCUT2D eigenvalue weighted by molar-refractivity contribution is 5.93. The molecular formula is C55H66N2O7. The second kappa shape index (κ2) is 28.6. The Balaban J connectivity index is 0.971. The smallest absolute Gasteiger partial charge is 0.343 e. The molecule has 0 unspecified atom stereocenters. The van der Waals surface area contributed by atoms with Crippen LogP contribution in [0.25, 0.3) is 0 Å². The number of aryl methyl sites for hydroxylation is 1. The van der Waals surface area contributed by atoms with E-state index in [0.29, 0.717) is 29.4 Å². The van der Waals surface area contributed by atoms with E-state index in [1.807, 2.05) is 12.1 Å². The van der Waals surface area contributed by atoms with E-state index >= 15 is 0 Å². The lowest BCUT2D eigenvalue weighted by molar-refractivity contribution is 0.0725. The van der Waals surface area contributed by atoms with Crippen molar-refractivity contribution in [3.05, 3.63) is 144 Å². The first-order valence-electron chi connectivity index (χ1n) is 23.6. The van der Waals surface area contributed by atoms with Crippen molar-refractivity contribution in [2.24, 2.45) is 10.2 Å². The molecule has 9 heteroatoms. The molecule has 0 aliphatic heterocycles. The Morgan fingerprint density at radius 3 is 1.06 bits per heavy atom. The summed E-state index contributed by atoms with van der Waals surface area (Å²) in [5, 5.41) is 8.68. The maximum Gasteiger partial charge on any atom is 0.343 e. The van der Waals surface area contributed by atoms with Gasteiger partial charge in [-0.2, -0.15) is 10.2 Å². The fourth-order valence-electron chi connectivity index (χ4n) is 7.17. The second-order valence-electron chi connectivity index (χ2n) is 16.4. The van der Waals surface area contributed by atoms with Crippen LogP contribution in [0, 0.1) is 0 Å². The summed E-state index contributed by atoms with van der Waals surface area (Å²) in [6.45, 7) is 5.15. The molecule has 0 amide bonds. The largest absolute Gasteiger partial charge is 0.494 e.